The lowest BCUT2D eigenvalue weighted by Crippen LogP contribution is -2.23. The number of benzene rings is 2. The summed E-state index contributed by atoms with van der Waals surface area (Å²) < 4.78 is 0. The first-order valence-corrected chi connectivity index (χ1v) is 8.93. The van der Waals surface area contributed by atoms with Crippen LogP contribution in [-0.2, 0) is 19.3 Å². The van der Waals surface area contributed by atoms with Crippen molar-refractivity contribution in [2.45, 2.75) is 38.5 Å². The van der Waals surface area contributed by atoms with Crippen LogP contribution in [0.5, 0.6) is 0 Å². The quantitative estimate of drug-likeness (QED) is 0.791. The highest BCUT2D eigenvalue weighted by Crippen LogP contribution is 2.34. The molecular weight excluding hydrogens is 278 g/mol. The second kappa shape index (κ2) is 7.31. The molecule has 2 aromatic carbocycles. The normalized spacial score (nSPS) is 18.7. The minimum absolute atomic E-state index is 0.641. The molecule has 0 bridgehead atoms. The molecule has 0 aromatic heterocycles. The molecular formula is C22H29N. The topological polar surface area (TPSA) is 3.24 Å². The number of rotatable bonds is 4. The van der Waals surface area contributed by atoms with Gasteiger partial charge < -0.3 is 4.90 Å². The summed E-state index contributed by atoms with van der Waals surface area (Å²) in [5.74, 6) is 1.36. The molecule has 1 unspecified atom stereocenters. The summed E-state index contributed by atoms with van der Waals surface area (Å²) in [5, 5.41) is 0. The molecule has 0 heterocycles. The van der Waals surface area contributed by atoms with E-state index in [0.717, 1.165) is 5.92 Å². The first kappa shape index (κ1) is 16.3. The van der Waals surface area contributed by atoms with Gasteiger partial charge in [-0.05, 0) is 73.9 Å². The highest BCUT2D eigenvalue weighted by Gasteiger charge is 2.22. The fourth-order valence-electron chi connectivity index (χ4n) is 4.20. The average Bonchev–Trinajstić information content (AvgIpc) is 2.51. The molecule has 0 amide bonds. The molecule has 2 aromatic rings. The van der Waals surface area contributed by atoms with Crippen LogP contribution in [0.15, 0.2) is 48.5 Å². The summed E-state index contributed by atoms with van der Waals surface area (Å²) in [6.45, 7) is 3.56. The van der Waals surface area contributed by atoms with Gasteiger partial charge in [0.15, 0.2) is 0 Å². The molecule has 1 aliphatic carbocycles. The van der Waals surface area contributed by atoms with Crippen LogP contribution in [0, 0.1) is 5.92 Å². The van der Waals surface area contributed by atoms with Gasteiger partial charge in [-0.25, -0.2) is 0 Å². The van der Waals surface area contributed by atoms with Gasteiger partial charge in [-0.15, -0.1) is 0 Å². The van der Waals surface area contributed by atoms with Gasteiger partial charge >= 0.3 is 0 Å². The third kappa shape index (κ3) is 4.03. The van der Waals surface area contributed by atoms with Crippen molar-refractivity contribution in [2.75, 3.05) is 20.6 Å². The van der Waals surface area contributed by atoms with E-state index in [1.165, 1.54) is 32.2 Å². The van der Waals surface area contributed by atoms with Crippen LogP contribution < -0.4 is 0 Å². The van der Waals surface area contributed by atoms with E-state index in [4.69, 9.17) is 0 Å². The molecule has 0 N–H and O–H groups in total. The Bertz CT molecular complexity index is 644. The van der Waals surface area contributed by atoms with Gasteiger partial charge in [0.25, 0.3) is 0 Å². The van der Waals surface area contributed by atoms with Crippen LogP contribution in [-0.4, -0.2) is 25.5 Å². The minimum atomic E-state index is 0.641. The summed E-state index contributed by atoms with van der Waals surface area (Å²) in [5.41, 5.74) is 6.26. The predicted molar refractivity (Wildman–Crippen MR) is 99.1 cm³/mol. The first-order valence-electron chi connectivity index (χ1n) is 8.93. The molecule has 1 nitrogen and oxygen atoms in total. The van der Waals surface area contributed by atoms with Crippen molar-refractivity contribution in [3.8, 4) is 0 Å². The number of hydrogen-bond donors (Lipinski definition) is 0. The maximum absolute atomic E-state index is 2.40. The molecule has 0 saturated heterocycles. The third-order valence-electron chi connectivity index (χ3n) is 5.11. The van der Waals surface area contributed by atoms with E-state index in [0.29, 0.717) is 5.92 Å². The smallest absolute Gasteiger partial charge is 0.000114 e. The van der Waals surface area contributed by atoms with Gasteiger partial charge in [-0.2, -0.15) is 0 Å². The number of fused-ring (bicyclic) bond motifs is 2. The maximum Gasteiger partial charge on any atom is 0.000114 e. The van der Waals surface area contributed by atoms with Gasteiger partial charge in [0.1, 0.15) is 0 Å². The number of nitrogens with zero attached hydrogens (tertiary/aromatic N) is 1. The monoisotopic (exact) mass is 307 g/mol. The van der Waals surface area contributed by atoms with E-state index in [1.54, 1.807) is 22.3 Å². The van der Waals surface area contributed by atoms with Crippen molar-refractivity contribution in [1.82, 2.24) is 4.90 Å². The standard InChI is InChI=1S/C22H29N/c1-17(16-23(2)3)14-21-15-20-10-5-4-8-18(20)12-13-19-9-6-7-11-22(19)21/h4-11,17,21H,12-16H2,1-3H3/t17?,21-/m1/s1. The molecule has 0 aliphatic heterocycles. The summed E-state index contributed by atoms with van der Waals surface area (Å²) in [4.78, 5) is 2.31. The SMILES string of the molecule is CC(C[C@@H]1Cc2ccccc2CCc2ccccc21)CN(C)C. The highest BCUT2D eigenvalue weighted by molar-refractivity contribution is 5.38. The molecule has 3 rings (SSSR count). The molecule has 0 radical (unpaired) electrons. The van der Waals surface area contributed by atoms with Crippen molar-refractivity contribution in [3.05, 3.63) is 70.8 Å². The Morgan fingerprint density at radius 1 is 0.913 bits per heavy atom. The van der Waals surface area contributed by atoms with Crippen LogP contribution in [0.1, 0.15) is 41.5 Å². The Hall–Kier alpha value is -1.60. The minimum Gasteiger partial charge on any atom is -0.309 e. The fourth-order valence-corrected chi connectivity index (χ4v) is 4.20. The second-order valence-corrected chi connectivity index (χ2v) is 7.47. The lowest BCUT2D eigenvalue weighted by Gasteiger charge is -2.28. The Morgan fingerprint density at radius 2 is 1.52 bits per heavy atom. The van der Waals surface area contributed by atoms with Gasteiger partial charge in [0.2, 0.25) is 0 Å². The zero-order valence-electron chi connectivity index (χ0n) is 14.8. The molecule has 23 heavy (non-hydrogen) atoms. The Kier molecular flexibility index (Phi) is 5.17. The molecule has 2 atom stereocenters. The van der Waals surface area contributed by atoms with Crippen molar-refractivity contribution < 1.29 is 0 Å². The molecule has 1 heteroatoms. The van der Waals surface area contributed by atoms with E-state index < -0.39 is 0 Å². The van der Waals surface area contributed by atoms with E-state index in [-0.39, 0.29) is 0 Å². The summed E-state index contributed by atoms with van der Waals surface area (Å²) >= 11 is 0. The lowest BCUT2D eigenvalue weighted by molar-refractivity contribution is 0.313. The molecule has 1 aliphatic rings. The van der Waals surface area contributed by atoms with Gasteiger partial charge in [-0.1, -0.05) is 55.5 Å². The van der Waals surface area contributed by atoms with Gasteiger partial charge in [0, 0.05) is 6.54 Å². The van der Waals surface area contributed by atoms with Gasteiger partial charge in [-0.3, -0.25) is 0 Å². The highest BCUT2D eigenvalue weighted by atomic mass is 15.1. The first-order chi connectivity index (χ1) is 11.1. The van der Waals surface area contributed by atoms with Crippen LogP contribution in [0.4, 0.5) is 0 Å². The zero-order valence-corrected chi connectivity index (χ0v) is 14.8. The largest absolute Gasteiger partial charge is 0.309 e. The van der Waals surface area contributed by atoms with E-state index in [2.05, 4.69) is 74.4 Å². The van der Waals surface area contributed by atoms with Crippen molar-refractivity contribution in [3.63, 3.8) is 0 Å². The van der Waals surface area contributed by atoms with Crippen molar-refractivity contribution in [1.29, 1.82) is 0 Å². The summed E-state index contributed by atoms with van der Waals surface area (Å²) in [7, 11) is 4.36. The summed E-state index contributed by atoms with van der Waals surface area (Å²) in [6.07, 6.45) is 4.80. The van der Waals surface area contributed by atoms with Crippen LogP contribution in [0.3, 0.4) is 0 Å². The predicted octanol–water partition coefficient (Wildman–Crippen LogP) is 4.70. The van der Waals surface area contributed by atoms with Crippen LogP contribution >= 0.6 is 0 Å². The number of hydrogen-bond acceptors (Lipinski definition) is 1. The Morgan fingerprint density at radius 3 is 2.26 bits per heavy atom. The third-order valence-corrected chi connectivity index (χ3v) is 5.11. The molecule has 122 valence electrons. The fraction of sp³-hybridized carbons (Fsp3) is 0.455. The average molecular weight is 307 g/mol. The van der Waals surface area contributed by atoms with Crippen LogP contribution in [0.2, 0.25) is 0 Å². The second-order valence-electron chi connectivity index (χ2n) is 7.47. The number of aryl methyl sites for hydroxylation is 2. The maximum atomic E-state index is 2.40. The Balaban J connectivity index is 1.90. The zero-order chi connectivity index (χ0) is 16.2. The van der Waals surface area contributed by atoms with E-state index >= 15 is 0 Å². The van der Waals surface area contributed by atoms with Gasteiger partial charge in [0.05, 0.1) is 0 Å². The van der Waals surface area contributed by atoms with Crippen molar-refractivity contribution >= 4 is 0 Å². The lowest BCUT2D eigenvalue weighted by atomic mass is 9.78. The van der Waals surface area contributed by atoms with E-state index in [9.17, 15) is 0 Å². The molecule has 0 saturated carbocycles. The van der Waals surface area contributed by atoms with Crippen LogP contribution in [0.25, 0.3) is 0 Å². The van der Waals surface area contributed by atoms with E-state index in [1.807, 2.05) is 0 Å². The van der Waals surface area contributed by atoms with Crippen molar-refractivity contribution in [2.24, 2.45) is 5.92 Å². The Labute approximate surface area is 141 Å². The summed E-state index contributed by atoms with van der Waals surface area (Å²) in [6, 6.07) is 18.2. The molecule has 0 fully saturated rings. The molecule has 0 spiro atoms.